The molecule has 4 nitrogen and oxygen atoms in total. The van der Waals surface area contributed by atoms with Gasteiger partial charge in [0.2, 0.25) is 5.82 Å². The van der Waals surface area contributed by atoms with Crippen molar-refractivity contribution in [1.82, 2.24) is 0 Å². The molecule has 25 heavy (non-hydrogen) atoms. The average molecular weight is 368 g/mol. The largest absolute Gasteiger partial charge is 0.493 e. The van der Waals surface area contributed by atoms with Crippen molar-refractivity contribution < 1.29 is 41.0 Å². The monoisotopic (exact) mass is 368 g/mol. The van der Waals surface area contributed by atoms with Gasteiger partial charge < -0.3 is 14.2 Å². The second-order valence-corrected chi connectivity index (χ2v) is 5.81. The topological polar surface area (TPSA) is 44.8 Å². The molecule has 2 rings (SSSR count). The molecule has 0 amide bonds. The Balaban J connectivity index is 2.53. The third-order valence-electron chi connectivity index (χ3n) is 4.16. The number of ether oxygens (including phenoxy) is 3. The van der Waals surface area contributed by atoms with Crippen LogP contribution in [-0.2, 0) is 14.3 Å². The van der Waals surface area contributed by atoms with Crippen LogP contribution in [0.4, 0.5) is 22.0 Å². The SMILES string of the molecule is CCOC(=O)[C@@H]1OC(C)(C(F)(F)F)CC1c1ccc(F)c(F)c1OC. The molecule has 0 radical (unpaired) electrons. The van der Waals surface area contributed by atoms with E-state index < -0.39 is 53.6 Å². The van der Waals surface area contributed by atoms with Crippen LogP contribution in [-0.4, -0.2) is 37.6 Å². The number of hydrogen-bond acceptors (Lipinski definition) is 4. The maximum Gasteiger partial charge on any atom is 0.417 e. The van der Waals surface area contributed by atoms with Crippen molar-refractivity contribution in [2.75, 3.05) is 13.7 Å². The zero-order valence-corrected chi connectivity index (χ0v) is 13.7. The number of hydrogen-bond donors (Lipinski definition) is 0. The van der Waals surface area contributed by atoms with E-state index in [1.807, 2.05) is 0 Å². The van der Waals surface area contributed by atoms with E-state index in [-0.39, 0.29) is 12.2 Å². The summed E-state index contributed by atoms with van der Waals surface area (Å²) in [5.74, 6) is -5.34. The Morgan fingerprint density at radius 2 is 2.00 bits per heavy atom. The molecule has 1 heterocycles. The first-order valence-electron chi connectivity index (χ1n) is 7.48. The minimum atomic E-state index is -4.77. The fourth-order valence-corrected chi connectivity index (χ4v) is 2.88. The molecule has 2 unspecified atom stereocenters. The number of alkyl halides is 3. The maximum atomic E-state index is 13.9. The van der Waals surface area contributed by atoms with Crippen LogP contribution >= 0.6 is 0 Å². The first-order valence-corrected chi connectivity index (χ1v) is 7.48. The van der Waals surface area contributed by atoms with Crippen molar-refractivity contribution >= 4 is 5.97 Å². The van der Waals surface area contributed by atoms with Gasteiger partial charge in [0.05, 0.1) is 13.7 Å². The average Bonchev–Trinajstić information content (AvgIpc) is 2.89. The van der Waals surface area contributed by atoms with Crippen LogP contribution in [0.3, 0.4) is 0 Å². The molecule has 1 aliphatic heterocycles. The standard InChI is InChI=1S/C16H17F5O4/c1-4-24-14(22)13-9(7-15(2,25-13)16(19,20)21)8-5-6-10(17)11(18)12(8)23-3/h5-6,9,13H,4,7H2,1-3H3/t9?,13-,15?/m1/s1. The van der Waals surface area contributed by atoms with Gasteiger partial charge in [-0.05, 0) is 26.3 Å². The Kier molecular flexibility index (Phi) is 5.27. The zero-order chi connectivity index (χ0) is 19.0. The van der Waals surface area contributed by atoms with E-state index in [0.717, 1.165) is 26.2 Å². The first kappa shape index (κ1) is 19.4. The lowest BCUT2D eigenvalue weighted by Crippen LogP contribution is -2.43. The number of benzene rings is 1. The van der Waals surface area contributed by atoms with Gasteiger partial charge in [0.25, 0.3) is 0 Å². The van der Waals surface area contributed by atoms with Gasteiger partial charge >= 0.3 is 12.1 Å². The number of carbonyl (C=O) groups excluding carboxylic acids is 1. The lowest BCUT2D eigenvalue weighted by atomic mass is 9.86. The molecular weight excluding hydrogens is 351 g/mol. The minimum absolute atomic E-state index is 0.0664. The van der Waals surface area contributed by atoms with Crippen molar-refractivity contribution in [3.05, 3.63) is 29.3 Å². The Morgan fingerprint density at radius 1 is 1.36 bits per heavy atom. The zero-order valence-electron chi connectivity index (χ0n) is 13.7. The number of methoxy groups -OCH3 is 1. The van der Waals surface area contributed by atoms with Crippen molar-refractivity contribution in [2.45, 2.75) is 44.1 Å². The van der Waals surface area contributed by atoms with Crippen molar-refractivity contribution in [3.63, 3.8) is 0 Å². The van der Waals surface area contributed by atoms with Gasteiger partial charge in [-0.2, -0.15) is 17.6 Å². The molecule has 1 aromatic carbocycles. The number of carbonyl (C=O) groups is 1. The first-order chi connectivity index (χ1) is 11.6. The van der Waals surface area contributed by atoms with Gasteiger partial charge in [-0.3, -0.25) is 0 Å². The Hall–Kier alpha value is -1.90. The van der Waals surface area contributed by atoms with E-state index in [2.05, 4.69) is 0 Å². The third-order valence-corrected chi connectivity index (χ3v) is 4.16. The van der Waals surface area contributed by atoms with Crippen LogP contribution in [0.5, 0.6) is 5.75 Å². The Labute approximate surface area is 140 Å². The summed E-state index contributed by atoms with van der Waals surface area (Å²) in [4.78, 5) is 12.1. The summed E-state index contributed by atoms with van der Waals surface area (Å²) >= 11 is 0. The van der Waals surface area contributed by atoms with E-state index in [0.29, 0.717) is 0 Å². The summed E-state index contributed by atoms with van der Waals surface area (Å²) in [7, 11) is 1.06. The lowest BCUT2D eigenvalue weighted by Gasteiger charge is -2.26. The molecule has 1 aliphatic rings. The van der Waals surface area contributed by atoms with Gasteiger partial charge in [-0.25, -0.2) is 9.18 Å². The highest BCUT2D eigenvalue weighted by atomic mass is 19.4. The minimum Gasteiger partial charge on any atom is -0.493 e. The normalized spacial score (nSPS) is 26.6. The smallest absolute Gasteiger partial charge is 0.417 e. The van der Waals surface area contributed by atoms with Gasteiger partial charge in [0, 0.05) is 11.5 Å². The van der Waals surface area contributed by atoms with Gasteiger partial charge in [0.15, 0.2) is 23.3 Å². The number of halogens is 5. The highest BCUT2D eigenvalue weighted by molar-refractivity contribution is 5.77. The molecular formula is C16H17F5O4. The number of rotatable bonds is 4. The molecule has 0 saturated carbocycles. The maximum absolute atomic E-state index is 13.9. The molecule has 0 bridgehead atoms. The fourth-order valence-electron chi connectivity index (χ4n) is 2.88. The third kappa shape index (κ3) is 3.42. The summed E-state index contributed by atoms with van der Waals surface area (Å²) < 4.78 is 81.9. The van der Waals surface area contributed by atoms with Crippen LogP contribution in [0.15, 0.2) is 12.1 Å². The molecule has 0 aromatic heterocycles. The number of esters is 1. The van der Waals surface area contributed by atoms with E-state index in [9.17, 15) is 26.7 Å². The van der Waals surface area contributed by atoms with Crippen LogP contribution in [0.1, 0.15) is 31.7 Å². The molecule has 1 fully saturated rings. The van der Waals surface area contributed by atoms with Crippen LogP contribution in [0.25, 0.3) is 0 Å². The highest BCUT2D eigenvalue weighted by Crippen LogP contribution is 2.51. The quantitative estimate of drug-likeness (QED) is 0.600. The Bertz CT molecular complexity index is 661. The van der Waals surface area contributed by atoms with Crippen molar-refractivity contribution in [3.8, 4) is 5.75 Å². The van der Waals surface area contributed by atoms with Crippen LogP contribution in [0, 0.1) is 11.6 Å². The van der Waals surface area contributed by atoms with Crippen LogP contribution < -0.4 is 4.74 Å². The molecule has 3 atom stereocenters. The van der Waals surface area contributed by atoms with E-state index in [1.54, 1.807) is 0 Å². The molecule has 0 N–H and O–H groups in total. The summed E-state index contributed by atoms with van der Waals surface area (Å²) in [5, 5.41) is 0. The van der Waals surface area contributed by atoms with Crippen LogP contribution in [0.2, 0.25) is 0 Å². The molecule has 0 aliphatic carbocycles. The highest BCUT2D eigenvalue weighted by Gasteiger charge is 2.62. The summed E-state index contributed by atoms with van der Waals surface area (Å²) in [6.07, 6.45) is -7.05. The second-order valence-electron chi connectivity index (χ2n) is 5.81. The molecule has 9 heteroatoms. The molecule has 0 spiro atoms. The predicted molar refractivity (Wildman–Crippen MR) is 76.2 cm³/mol. The summed E-state index contributed by atoms with van der Waals surface area (Å²) in [6, 6.07) is 1.85. The van der Waals surface area contributed by atoms with E-state index >= 15 is 0 Å². The lowest BCUT2D eigenvalue weighted by molar-refractivity contribution is -0.264. The van der Waals surface area contributed by atoms with E-state index in [1.165, 1.54) is 6.92 Å². The van der Waals surface area contributed by atoms with Gasteiger partial charge in [0.1, 0.15) is 0 Å². The Morgan fingerprint density at radius 3 is 2.52 bits per heavy atom. The predicted octanol–water partition coefficient (Wildman–Crippen LogP) is 3.73. The molecule has 1 aromatic rings. The van der Waals surface area contributed by atoms with Crippen molar-refractivity contribution in [2.24, 2.45) is 0 Å². The molecule has 140 valence electrons. The summed E-state index contributed by atoms with van der Waals surface area (Å²) in [6.45, 7) is 2.22. The van der Waals surface area contributed by atoms with Crippen molar-refractivity contribution in [1.29, 1.82) is 0 Å². The van der Waals surface area contributed by atoms with E-state index in [4.69, 9.17) is 14.2 Å². The second kappa shape index (κ2) is 6.78. The molecule has 1 saturated heterocycles. The summed E-state index contributed by atoms with van der Waals surface area (Å²) in [5.41, 5.74) is -2.72. The van der Waals surface area contributed by atoms with Gasteiger partial charge in [-0.15, -0.1) is 0 Å². The van der Waals surface area contributed by atoms with Gasteiger partial charge in [-0.1, -0.05) is 6.07 Å². The fraction of sp³-hybridized carbons (Fsp3) is 0.562.